The zero-order chi connectivity index (χ0) is 18.1. The van der Waals surface area contributed by atoms with Crippen LogP contribution in [0.1, 0.15) is 5.56 Å². The zero-order valence-corrected chi connectivity index (χ0v) is 13.7. The molecule has 0 aliphatic carbocycles. The number of carbonyl (C=O) groups is 1. The number of amides is 2. The first kappa shape index (κ1) is 18.1. The monoisotopic (exact) mass is 341 g/mol. The van der Waals surface area contributed by atoms with Crippen molar-refractivity contribution in [2.75, 3.05) is 25.6 Å². The van der Waals surface area contributed by atoms with E-state index in [0.717, 1.165) is 0 Å². The first-order chi connectivity index (χ1) is 12.1. The number of nitrogens with zero attached hydrogens (tertiary/aromatic N) is 1. The van der Waals surface area contributed by atoms with Crippen molar-refractivity contribution in [3.63, 3.8) is 0 Å². The highest BCUT2D eigenvalue weighted by Crippen LogP contribution is 2.25. The third-order valence-electron chi connectivity index (χ3n) is 3.26. The quantitative estimate of drug-likeness (QED) is 0.716. The summed E-state index contributed by atoms with van der Waals surface area (Å²) in [5, 5.41) is 23.9. The van der Waals surface area contributed by atoms with Crippen molar-refractivity contribution in [2.45, 2.75) is 6.10 Å². The van der Waals surface area contributed by atoms with E-state index in [1.165, 1.54) is 13.2 Å². The van der Waals surface area contributed by atoms with Crippen LogP contribution in [0.25, 0.3) is 0 Å². The fourth-order valence-corrected chi connectivity index (χ4v) is 2.02. The minimum absolute atomic E-state index is 0.0128. The summed E-state index contributed by atoms with van der Waals surface area (Å²) in [6.45, 7) is 0.0659. The number of methoxy groups -OCH3 is 1. The maximum Gasteiger partial charge on any atom is 0.319 e. The van der Waals surface area contributed by atoms with Crippen LogP contribution in [-0.2, 0) is 0 Å². The maximum absolute atomic E-state index is 11.9. The minimum Gasteiger partial charge on any atom is -0.495 e. The van der Waals surface area contributed by atoms with Crippen molar-refractivity contribution in [1.29, 1.82) is 5.26 Å². The molecule has 130 valence electrons. The van der Waals surface area contributed by atoms with Gasteiger partial charge in [-0.2, -0.15) is 5.26 Å². The molecule has 0 bridgehead atoms. The summed E-state index contributed by atoms with van der Waals surface area (Å²) in [4.78, 5) is 11.9. The molecule has 2 aromatic carbocycles. The molecular weight excluding hydrogens is 322 g/mol. The van der Waals surface area contributed by atoms with Crippen LogP contribution in [0.3, 0.4) is 0 Å². The molecular formula is C18H19N3O4. The lowest BCUT2D eigenvalue weighted by atomic mass is 10.2. The summed E-state index contributed by atoms with van der Waals surface area (Å²) in [6.07, 6.45) is -0.863. The Bertz CT molecular complexity index is 744. The highest BCUT2D eigenvalue weighted by molar-refractivity contribution is 5.91. The van der Waals surface area contributed by atoms with E-state index >= 15 is 0 Å². The Morgan fingerprint density at radius 2 is 2.04 bits per heavy atom. The number of hydrogen-bond acceptors (Lipinski definition) is 5. The van der Waals surface area contributed by atoms with Crippen molar-refractivity contribution < 1.29 is 19.4 Å². The average Bonchev–Trinajstić information content (AvgIpc) is 2.65. The fourth-order valence-electron chi connectivity index (χ4n) is 2.02. The Hall–Kier alpha value is -3.24. The van der Waals surface area contributed by atoms with Gasteiger partial charge in [-0.05, 0) is 30.3 Å². The minimum atomic E-state index is -0.863. The Morgan fingerprint density at radius 1 is 1.28 bits per heavy atom. The number of nitrogens with one attached hydrogen (secondary N) is 2. The van der Waals surface area contributed by atoms with Gasteiger partial charge in [-0.1, -0.05) is 18.2 Å². The number of para-hydroxylation sites is 1. The molecule has 0 aliphatic rings. The van der Waals surface area contributed by atoms with Gasteiger partial charge in [0, 0.05) is 6.54 Å². The van der Waals surface area contributed by atoms with Gasteiger partial charge in [0.2, 0.25) is 0 Å². The number of rotatable bonds is 7. The Morgan fingerprint density at radius 3 is 2.72 bits per heavy atom. The third kappa shape index (κ3) is 5.71. The summed E-state index contributed by atoms with van der Waals surface area (Å²) in [6, 6.07) is 15.2. The van der Waals surface area contributed by atoms with Crippen LogP contribution in [-0.4, -0.2) is 37.5 Å². The number of ether oxygens (including phenoxy) is 2. The fraction of sp³-hybridized carbons (Fsp3) is 0.222. The van der Waals surface area contributed by atoms with Gasteiger partial charge in [0.1, 0.15) is 24.2 Å². The van der Waals surface area contributed by atoms with E-state index in [4.69, 9.17) is 14.7 Å². The first-order valence-electron chi connectivity index (χ1n) is 7.61. The molecule has 0 saturated carbocycles. The SMILES string of the molecule is COc1ccc(C#N)cc1NC(=O)NCC(O)COc1ccccc1. The number of aliphatic hydroxyl groups is 1. The number of carbonyl (C=O) groups excluding carboxylic acids is 1. The van der Waals surface area contributed by atoms with Gasteiger partial charge in [0.05, 0.1) is 24.4 Å². The van der Waals surface area contributed by atoms with Crippen LogP contribution in [0, 0.1) is 11.3 Å². The lowest BCUT2D eigenvalue weighted by Gasteiger charge is -2.15. The van der Waals surface area contributed by atoms with Crippen molar-refractivity contribution >= 4 is 11.7 Å². The van der Waals surface area contributed by atoms with E-state index in [2.05, 4.69) is 10.6 Å². The van der Waals surface area contributed by atoms with Crippen LogP contribution in [0.5, 0.6) is 11.5 Å². The Kier molecular flexibility index (Phi) is 6.63. The highest BCUT2D eigenvalue weighted by Gasteiger charge is 2.11. The van der Waals surface area contributed by atoms with Gasteiger partial charge in [0.15, 0.2) is 0 Å². The molecule has 1 atom stereocenters. The molecule has 1 unspecified atom stereocenters. The second-order valence-electron chi connectivity index (χ2n) is 5.14. The molecule has 0 aromatic heterocycles. The van der Waals surface area contributed by atoms with Gasteiger partial charge in [0.25, 0.3) is 0 Å². The Balaban J connectivity index is 1.81. The van der Waals surface area contributed by atoms with Crippen LogP contribution in [0.2, 0.25) is 0 Å². The molecule has 7 nitrogen and oxygen atoms in total. The number of aliphatic hydroxyl groups excluding tert-OH is 1. The molecule has 7 heteroatoms. The maximum atomic E-state index is 11.9. The lowest BCUT2D eigenvalue weighted by Crippen LogP contribution is -2.37. The van der Waals surface area contributed by atoms with E-state index in [1.807, 2.05) is 24.3 Å². The molecule has 2 aromatic rings. The predicted octanol–water partition coefficient (Wildman–Crippen LogP) is 2.13. The summed E-state index contributed by atoms with van der Waals surface area (Å²) in [5.74, 6) is 1.08. The second-order valence-corrected chi connectivity index (χ2v) is 5.14. The van der Waals surface area contributed by atoms with Crippen molar-refractivity contribution in [3.8, 4) is 17.6 Å². The standard InChI is InChI=1S/C18H19N3O4/c1-24-17-8-7-13(10-19)9-16(17)21-18(23)20-11-14(22)12-25-15-5-3-2-4-6-15/h2-9,14,22H,11-12H2,1H3,(H2,20,21,23). The topological polar surface area (TPSA) is 104 Å². The summed E-state index contributed by atoms with van der Waals surface area (Å²) < 4.78 is 10.5. The number of hydrogen-bond donors (Lipinski definition) is 3. The van der Waals surface area contributed by atoms with E-state index in [0.29, 0.717) is 22.7 Å². The number of anilines is 1. The highest BCUT2D eigenvalue weighted by atomic mass is 16.5. The average molecular weight is 341 g/mol. The normalized spacial score (nSPS) is 11.1. The van der Waals surface area contributed by atoms with E-state index < -0.39 is 12.1 Å². The molecule has 25 heavy (non-hydrogen) atoms. The smallest absolute Gasteiger partial charge is 0.319 e. The summed E-state index contributed by atoms with van der Waals surface area (Å²) >= 11 is 0. The van der Waals surface area contributed by atoms with Crippen LogP contribution in [0.4, 0.5) is 10.5 Å². The number of benzene rings is 2. The van der Waals surface area contributed by atoms with Crippen LogP contribution < -0.4 is 20.1 Å². The summed E-state index contributed by atoms with van der Waals surface area (Å²) in [5.41, 5.74) is 0.765. The van der Waals surface area contributed by atoms with Gasteiger partial charge in [-0.15, -0.1) is 0 Å². The number of urea groups is 1. The van der Waals surface area contributed by atoms with Crippen molar-refractivity contribution in [2.24, 2.45) is 0 Å². The number of nitriles is 1. The largest absolute Gasteiger partial charge is 0.495 e. The first-order valence-corrected chi connectivity index (χ1v) is 7.61. The van der Waals surface area contributed by atoms with Gasteiger partial charge >= 0.3 is 6.03 Å². The summed E-state index contributed by atoms with van der Waals surface area (Å²) in [7, 11) is 1.47. The molecule has 0 spiro atoms. The zero-order valence-electron chi connectivity index (χ0n) is 13.7. The lowest BCUT2D eigenvalue weighted by molar-refractivity contribution is 0.108. The molecule has 0 aliphatic heterocycles. The van der Waals surface area contributed by atoms with E-state index in [1.54, 1.807) is 24.3 Å². The van der Waals surface area contributed by atoms with E-state index in [-0.39, 0.29) is 13.2 Å². The van der Waals surface area contributed by atoms with E-state index in [9.17, 15) is 9.90 Å². The molecule has 0 saturated heterocycles. The van der Waals surface area contributed by atoms with Gasteiger partial charge in [-0.25, -0.2) is 4.79 Å². The van der Waals surface area contributed by atoms with Crippen LogP contribution >= 0.6 is 0 Å². The van der Waals surface area contributed by atoms with Gasteiger partial charge < -0.3 is 25.2 Å². The van der Waals surface area contributed by atoms with Crippen LogP contribution in [0.15, 0.2) is 48.5 Å². The molecule has 2 rings (SSSR count). The van der Waals surface area contributed by atoms with Crippen molar-refractivity contribution in [1.82, 2.24) is 5.32 Å². The van der Waals surface area contributed by atoms with Gasteiger partial charge in [-0.3, -0.25) is 0 Å². The van der Waals surface area contributed by atoms with Crippen molar-refractivity contribution in [3.05, 3.63) is 54.1 Å². The molecule has 2 amide bonds. The molecule has 0 fully saturated rings. The molecule has 0 radical (unpaired) electrons. The Labute approximate surface area is 145 Å². The molecule has 0 heterocycles. The second kappa shape index (κ2) is 9.15. The predicted molar refractivity (Wildman–Crippen MR) is 92.7 cm³/mol. The molecule has 3 N–H and O–H groups in total. The third-order valence-corrected chi connectivity index (χ3v) is 3.26.